The van der Waals surface area contributed by atoms with Crippen molar-refractivity contribution in [3.63, 3.8) is 0 Å². The molecule has 49 heavy (non-hydrogen) atoms. The highest BCUT2D eigenvalue weighted by atomic mass is 16.5. The van der Waals surface area contributed by atoms with Crippen LogP contribution in [0.2, 0.25) is 0 Å². The Hall–Kier alpha value is -4.91. The molecule has 3 heterocycles. The number of amides is 2. The molecule has 1 fully saturated rings. The molecule has 0 spiro atoms. The molecular weight excluding hydrogens is 618 g/mol. The largest absolute Gasteiger partial charge is 0.484 e. The average molecular weight is 670 g/mol. The van der Waals surface area contributed by atoms with E-state index in [4.69, 9.17) is 21.0 Å². The molecule has 0 bridgehead atoms. The summed E-state index contributed by atoms with van der Waals surface area (Å²) in [6.45, 7) is 8.49. The fourth-order valence-corrected chi connectivity index (χ4v) is 6.33. The van der Waals surface area contributed by atoms with Gasteiger partial charge in [-0.25, -0.2) is 4.79 Å². The third-order valence-electron chi connectivity index (χ3n) is 9.04. The summed E-state index contributed by atoms with van der Waals surface area (Å²) in [4.78, 5) is 17.7. The van der Waals surface area contributed by atoms with E-state index >= 15 is 0 Å². The number of ether oxygens (including phenoxy) is 1. The van der Waals surface area contributed by atoms with E-state index < -0.39 is 5.41 Å². The minimum Gasteiger partial charge on any atom is -0.484 e. The van der Waals surface area contributed by atoms with Crippen LogP contribution in [-0.2, 0) is 7.05 Å². The van der Waals surface area contributed by atoms with Crippen molar-refractivity contribution in [3.8, 4) is 5.75 Å². The van der Waals surface area contributed by atoms with Crippen LogP contribution in [0.4, 0.5) is 10.5 Å². The molecule has 2 aromatic heterocycles. The second-order valence-corrected chi connectivity index (χ2v) is 14.3. The molecule has 6 N–H and O–H groups in total. The predicted octanol–water partition coefficient (Wildman–Crippen LogP) is 5.03. The number of rotatable bonds is 9. The second-order valence-electron chi connectivity index (χ2n) is 14.3. The standard InChI is InChI=1S/C36H51N11O2/c1-36(2,3)31(37)19-33(41-25-20-40-45(6)22-25)43-35(48)42-29-12-13-30(28-10-8-7-9-27(28)29)49-26-11-14-32(38)47(23-26)34(39)46-17-15-24(16-18-46)21-44(4)5/h7-11,14,19-20,22-24,29-30,37-39,41H,12-13,15-18,21H2,1-6H3,(H2,42,43,48)/b33-19+,37-31?,38-32?,39-34?/t29?,30-/m1/s1. The highest BCUT2D eigenvalue weighted by Gasteiger charge is 2.30. The quantitative estimate of drug-likeness (QED) is 0.138. The molecule has 2 aliphatic rings. The lowest BCUT2D eigenvalue weighted by Crippen LogP contribution is -2.45. The van der Waals surface area contributed by atoms with E-state index in [9.17, 15) is 4.79 Å². The van der Waals surface area contributed by atoms with E-state index in [0.717, 1.165) is 43.6 Å². The summed E-state index contributed by atoms with van der Waals surface area (Å²) in [5.41, 5.74) is 2.84. The van der Waals surface area contributed by atoms with Gasteiger partial charge in [0.15, 0.2) is 0 Å². The molecule has 0 radical (unpaired) electrons. The molecule has 1 saturated heterocycles. The highest BCUT2D eigenvalue weighted by Crippen LogP contribution is 2.38. The van der Waals surface area contributed by atoms with Gasteiger partial charge in [0.2, 0.25) is 5.96 Å². The van der Waals surface area contributed by atoms with Crippen LogP contribution in [-0.4, -0.2) is 75.6 Å². The zero-order chi connectivity index (χ0) is 35.3. The second kappa shape index (κ2) is 15.1. The molecule has 2 amide bonds. The van der Waals surface area contributed by atoms with Crippen LogP contribution < -0.4 is 26.2 Å². The van der Waals surface area contributed by atoms with Crippen molar-refractivity contribution < 1.29 is 9.53 Å². The highest BCUT2D eigenvalue weighted by molar-refractivity contribution is 5.97. The smallest absolute Gasteiger partial charge is 0.320 e. The zero-order valence-corrected chi connectivity index (χ0v) is 29.5. The molecule has 262 valence electrons. The number of anilines is 1. The summed E-state index contributed by atoms with van der Waals surface area (Å²) in [5.74, 6) is 1.88. The van der Waals surface area contributed by atoms with Crippen LogP contribution in [0.1, 0.15) is 69.7 Å². The van der Waals surface area contributed by atoms with Gasteiger partial charge in [0, 0.05) is 50.1 Å². The van der Waals surface area contributed by atoms with Gasteiger partial charge in [-0.2, -0.15) is 5.10 Å². The molecule has 2 atom stereocenters. The van der Waals surface area contributed by atoms with Crippen molar-refractivity contribution in [2.75, 3.05) is 39.0 Å². The average Bonchev–Trinajstić information content (AvgIpc) is 3.46. The zero-order valence-electron chi connectivity index (χ0n) is 29.5. The Morgan fingerprint density at radius 2 is 1.76 bits per heavy atom. The van der Waals surface area contributed by atoms with Gasteiger partial charge in [0.1, 0.15) is 23.2 Å². The number of piperidine rings is 1. The molecule has 1 aliphatic heterocycles. The van der Waals surface area contributed by atoms with E-state index in [0.29, 0.717) is 47.7 Å². The van der Waals surface area contributed by atoms with E-state index in [1.807, 2.05) is 57.0 Å². The Morgan fingerprint density at radius 3 is 2.41 bits per heavy atom. The van der Waals surface area contributed by atoms with Gasteiger partial charge in [-0.3, -0.25) is 25.4 Å². The normalized spacial score (nSPS) is 18.5. The topological polar surface area (TPSA) is 163 Å². The number of likely N-dealkylation sites (tertiary alicyclic amines) is 1. The van der Waals surface area contributed by atoms with Crippen molar-refractivity contribution in [2.24, 2.45) is 18.4 Å². The molecule has 0 saturated carbocycles. The number of fused-ring (bicyclic) bond motifs is 1. The SMILES string of the molecule is CN(C)CC1CCN(C(=N)n2cc(O[C@@H]3CCC(NC(=O)N/C(=C/C(=N)C(C)(C)C)Nc4cnn(C)c4)c4ccccc43)ccc2=N)CC1. The number of nitrogens with zero attached hydrogens (tertiary/aromatic N) is 5. The van der Waals surface area contributed by atoms with E-state index in [1.165, 1.54) is 0 Å². The number of carbonyl (C=O) groups excluding carboxylic acids is 1. The van der Waals surface area contributed by atoms with Crippen molar-refractivity contribution in [2.45, 2.75) is 58.6 Å². The molecule has 1 unspecified atom stereocenters. The van der Waals surface area contributed by atoms with Gasteiger partial charge in [-0.15, -0.1) is 0 Å². The first-order valence-electron chi connectivity index (χ1n) is 16.9. The van der Waals surface area contributed by atoms with E-state index in [1.54, 1.807) is 46.0 Å². The summed E-state index contributed by atoms with van der Waals surface area (Å²) in [6, 6.07) is 10.8. The predicted molar refractivity (Wildman–Crippen MR) is 192 cm³/mol. The maximum Gasteiger partial charge on any atom is 0.320 e. The van der Waals surface area contributed by atoms with E-state index in [2.05, 4.69) is 40.0 Å². The van der Waals surface area contributed by atoms with E-state index in [-0.39, 0.29) is 23.7 Å². The van der Waals surface area contributed by atoms with Crippen LogP contribution in [0.5, 0.6) is 5.75 Å². The molecule has 1 aromatic carbocycles. The van der Waals surface area contributed by atoms with Gasteiger partial charge in [0.25, 0.3) is 0 Å². The first kappa shape index (κ1) is 35.4. The number of aryl methyl sites for hydroxylation is 1. The van der Waals surface area contributed by atoms with Gasteiger partial charge in [-0.05, 0) is 69.0 Å². The summed E-state index contributed by atoms with van der Waals surface area (Å²) < 4.78 is 9.79. The monoisotopic (exact) mass is 669 g/mol. The third-order valence-corrected chi connectivity index (χ3v) is 9.04. The summed E-state index contributed by atoms with van der Waals surface area (Å²) >= 11 is 0. The van der Waals surface area contributed by atoms with Crippen LogP contribution >= 0.6 is 0 Å². The minimum absolute atomic E-state index is 0.233. The number of hydrogen-bond acceptors (Lipinski definition) is 8. The Kier molecular flexibility index (Phi) is 10.9. The number of hydrogen-bond donors (Lipinski definition) is 6. The van der Waals surface area contributed by atoms with Crippen LogP contribution in [0.3, 0.4) is 0 Å². The maximum absolute atomic E-state index is 13.4. The summed E-state index contributed by atoms with van der Waals surface area (Å²) in [7, 11) is 6.01. The molecular formula is C36H51N11O2. The molecule has 13 heteroatoms. The Labute approximate surface area is 288 Å². The number of nitrogens with one attached hydrogen (secondary N) is 6. The number of aromatic nitrogens is 3. The first-order chi connectivity index (χ1) is 23.3. The van der Waals surface area contributed by atoms with Crippen molar-refractivity contribution in [1.82, 2.24) is 34.8 Å². The van der Waals surface area contributed by atoms with Crippen LogP contribution in [0, 0.1) is 27.6 Å². The first-order valence-corrected chi connectivity index (χ1v) is 16.9. The minimum atomic E-state index is -0.402. The Morgan fingerprint density at radius 1 is 1.04 bits per heavy atom. The molecule has 13 nitrogen and oxygen atoms in total. The third kappa shape index (κ3) is 9.17. The number of carbonyl (C=O) groups is 1. The summed E-state index contributed by atoms with van der Waals surface area (Å²) in [5, 5.41) is 39.4. The number of allylic oxidation sites excluding steroid dienone is 1. The van der Waals surface area contributed by atoms with Gasteiger partial charge in [-0.1, -0.05) is 45.0 Å². The fraction of sp³-hybridized carbons (Fsp3) is 0.472. The van der Waals surface area contributed by atoms with Gasteiger partial charge < -0.3 is 30.6 Å². The molecule has 1 aliphatic carbocycles. The Balaban J connectivity index is 1.26. The van der Waals surface area contributed by atoms with Crippen LogP contribution in [0.25, 0.3) is 0 Å². The van der Waals surface area contributed by atoms with Crippen LogP contribution in [0.15, 0.2) is 66.9 Å². The number of urea groups is 1. The van der Waals surface area contributed by atoms with Crippen molar-refractivity contribution in [1.29, 1.82) is 16.2 Å². The van der Waals surface area contributed by atoms with Crippen molar-refractivity contribution in [3.05, 3.63) is 83.5 Å². The number of benzene rings is 1. The fourth-order valence-electron chi connectivity index (χ4n) is 6.33. The molecule has 3 aromatic rings. The lowest BCUT2D eigenvalue weighted by molar-refractivity contribution is 0.170. The summed E-state index contributed by atoms with van der Waals surface area (Å²) in [6.07, 6.45) is 9.93. The Bertz CT molecular complexity index is 1740. The van der Waals surface area contributed by atoms with Crippen molar-refractivity contribution >= 4 is 23.4 Å². The van der Waals surface area contributed by atoms with Gasteiger partial charge in [0.05, 0.1) is 24.1 Å². The number of pyridine rings is 1. The molecule has 5 rings (SSSR count). The lowest BCUT2D eigenvalue weighted by atomic mass is 9.85. The lowest BCUT2D eigenvalue weighted by Gasteiger charge is -2.35. The maximum atomic E-state index is 13.4. The van der Waals surface area contributed by atoms with Gasteiger partial charge >= 0.3 is 6.03 Å².